The molecule has 1 heterocycles. The molecule has 1 aliphatic heterocycles. The van der Waals surface area contributed by atoms with Crippen LogP contribution in [0.4, 0.5) is 13.2 Å². The van der Waals surface area contributed by atoms with Crippen molar-refractivity contribution in [2.24, 2.45) is 11.3 Å². The molecule has 0 radical (unpaired) electrons. The second-order valence-electron chi connectivity index (χ2n) is 6.13. The zero-order chi connectivity index (χ0) is 15.6. The molecule has 7 heteroatoms. The summed E-state index contributed by atoms with van der Waals surface area (Å²) in [6.45, 7) is 3.26. The van der Waals surface area contributed by atoms with Gasteiger partial charge in [0.25, 0.3) is 0 Å². The van der Waals surface area contributed by atoms with E-state index in [0.717, 1.165) is 0 Å². The molecule has 4 nitrogen and oxygen atoms in total. The number of rotatable bonds is 4. The minimum absolute atomic E-state index is 0.0474. The maximum atomic E-state index is 12.7. The van der Waals surface area contributed by atoms with Crippen molar-refractivity contribution in [2.75, 3.05) is 13.1 Å². The lowest BCUT2D eigenvalue weighted by Gasteiger charge is -2.35. The van der Waals surface area contributed by atoms with Crippen molar-refractivity contribution in [3.63, 3.8) is 0 Å². The van der Waals surface area contributed by atoms with Crippen LogP contribution in [0.3, 0.4) is 0 Å². The number of piperidine rings is 1. The quantitative estimate of drug-likeness (QED) is 0.867. The molecule has 0 aromatic carbocycles. The van der Waals surface area contributed by atoms with Crippen molar-refractivity contribution in [3.05, 3.63) is 0 Å². The van der Waals surface area contributed by atoms with Crippen molar-refractivity contribution in [2.45, 2.75) is 45.7 Å². The lowest BCUT2D eigenvalue weighted by Crippen LogP contribution is -2.45. The zero-order valence-corrected chi connectivity index (χ0v) is 11.7. The predicted octanol–water partition coefficient (Wildman–Crippen LogP) is 2.68. The van der Waals surface area contributed by atoms with Crippen molar-refractivity contribution in [1.82, 2.24) is 4.90 Å². The molecular formula is C13H20F3NO3. The number of nitrogens with zero attached hydrogens (tertiary/aromatic N) is 1. The van der Waals surface area contributed by atoms with Crippen molar-refractivity contribution in [3.8, 4) is 0 Å². The fraction of sp³-hybridized carbons (Fsp3) is 0.846. The molecule has 0 aromatic rings. The molecule has 1 aliphatic rings. The Balaban J connectivity index is 2.61. The number of amides is 1. The fourth-order valence-corrected chi connectivity index (χ4v) is 2.46. The highest BCUT2D eigenvalue weighted by Crippen LogP contribution is 2.34. The Kier molecular flexibility index (Phi) is 5.05. The molecule has 1 N–H and O–H groups in total. The summed E-state index contributed by atoms with van der Waals surface area (Å²) in [5.74, 6) is -2.89. The summed E-state index contributed by atoms with van der Waals surface area (Å²) in [5.41, 5.74) is -0.756. The number of carbonyl (C=O) groups excluding carboxylic acids is 1. The van der Waals surface area contributed by atoms with Crippen LogP contribution in [0.1, 0.15) is 39.5 Å². The largest absolute Gasteiger partial charge is 0.481 e. The van der Waals surface area contributed by atoms with E-state index in [1.54, 1.807) is 13.8 Å². The van der Waals surface area contributed by atoms with E-state index in [1.165, 1.54) is 4.90 Å². The van der Waals surface area contributed by atoms with Gasteiger partial charge in [-0.1, -0.05) is 13.8 Å². The molecule has 1 saturated heterocycles. The van der Waals surface area contributed by atoms with Crippen molar-refractivity contribution in [1.29, 1.82) is 0 Å². The molecule has 1 amide bonds. The highest BCUT2D eigenvalue weighted by molar-refractivity contribution is 5.78. The molecule has 0 spiro atoms. The molecule has 1 atom stereocenters. The third-order valence-electron chi connectivity index (χ3n) is 3.50. The fourth-order valence-electron chi connectivity index (χ4n) is 2.46. The highest BCUT2D eigenvalue weighted by Gasteiger charge is 2.43. The van der Waals surface area contributed by atoms with Crippen molar-refractivity contribution >= 4 is 11.9 Å². The number of carbonyl (C=O) groups is 2. The van der Waals surface area contributed by atoms with Crippen molar-refractivity contribution < 1.29 is 27.9 Å². The second kappa shape index (κ2) is 6.01. The normalized spacial score (nSPS) is 20.9. The first-order valence-corrected chi connectivity index (χ1v) is 6.57. The average Bonchev–Trinajstić information content (AvgIpc) is 2.25. The minimum atomic E-state index is -4.28. The van der Waals surface area contributed by atoms with Crippen LogP contribution in [0.5, 0.6) is 0 Å². The number of halogens is 3. The molecule has 0 bridgehead atoms. The lowest BCUT2D eigenvalue weighted by molar-refractivity contribution is -0.188. The number of likely N-dealkylation sites (tertiary alicyclic amines) is 1. The lowest BCUT2D eigenvalue weighted by atomic mass is 9.84. The first-order chi connectivity index (χ1) is 9.01. The van der Waals surface area contributed by atoms with Gasteiger partial charge < -0.3 is 10.0 Å². The maximum Gasteiger partial charge on any atom is 0.393 e. The molecule has 1 rings (SSSR count). The number of carboxylic acids is 1. The number of hydrogen-bond acceptors (Lipinski definition) is 2. The summed E-state index contributed by atoms with van der Waals surface area (Å²) in [6, 6.07) is 0. The number of aliphatic carboxylic acids is 1. The van der Waals surface area contributed by atoms with Crippen LogP contribution in [0.25, 0.3) is 0 Å². The van der Waals surface area contributed by atoms with E-state index in [9.17, 15) is 22.8 Å². The smallest absolute Gasteiger partial charge is 0.393 e. The van der Waals surface area contributed by atoms with Gasteiger partial charge in [-0.05, 0) is 18.3 Å². The molecule has 0 aliphatic carbocycles. The Labute approximate surface area is 115 Å². The van der Waals surface area contributed by atoms with Gasteiger partial charge in [-0.3, -0.25) is 9.59 Å². The Morgan fingerprint density at radius 1 is 1.25 bits per heavy atom. The van der Waals surface area contributed by atoms with Crippen LogP contribution in [0.2, 0.25) is 0 Å². The maximum absolute atomic E-state index is 12.7. The van der Waals surface area contributed by atoms with Gasteiger partial charge in [0.05, 0.1) is 12.3 Å². The van der Waals surface area contributed by atoms with Crippen LogP contribution in [0.15, 0.2) is 0 Å². The molecule has 116 valence electrons. The Morgan fingerprint density at radius 3 is 2.35 bits per heavy atom. The van der Waals surface area contributed by atoms with Crippen LogP contribution in [-0.2, 0) is 9.59 Å². The molecular weight excluding hydrogens is 275 g/mol. The van der Waals surface area contributed by atoms with Gasteiger partial charge in [0.2, 0.25) is 5.91 Å². The highest BCUT2D eigenvalue weighted by atomic mass is 19.4. The van der Waals surface area contributed by atoms with E-state index in [1.807, 2.05) is 0 Å². The number of carboxylic acid groups (broad SMARTS) is 1. The van der Waals surface area contributed by atoms with Gasteiger partial charge >= 0.3 is 12.1 Å². The van der Waals surface area contributed by atoms with Crippen LogP contribution < -0.4 is 0 Å². The number of hydrogen-bond donors (Lipinski definition) is 1. The Morgan fingerprint density at radius 2 is 1.85 bits per heavy atom. The first-order valence-electron chi connectivity index (χ1n) is 6.57. The predicted molar refractivity (Wildman–Crippen MR) is 66.0 cm³/mol. The first kappa shape index (κ1) is 16.8. The summed E-state index contributed by atoms with van der Waals surface area (Å²) in [4.78, 5) is 23.9. The van der Waals surface area contributed by atoms with Gasteiger partial charge in [-0.15, -0.1) is 0 Å². The topological polar surface area (TPSA) is 57.6 Å². The molecule has 0 saturated carbocycles. The number of alkyl halides is 3. The van der Waals surface area contributed by atoms with E-state index in [-0.39, 0.29) is 25.8 Å². The van der Waals surface area contributed by atoms with Gasteiger partial charge in [-0.25, -0.2) is 0 Å². The molecule has 1 unspecified atom stereocenters. The van der Waals surface area contributed by atoms with Gasteiger partial charge in [-0.2, -0.15) is 13.2 Å². The van der Waals surface area contributed by atoms with Crippen LogP contribution in [-0.4, -0.2) is 41.1 Å². The Bertz CT molecular complexity index is 380. The van der Waals surface area contributed by atoms with E-state index >= 15 is 0 Å². The third kappa shape index (κ3) is 5.02. The van der Waals surface area contributed by atoms with Gasteiger partial charge in [0.15, 0.2) is 0 Å². The van der Waals surface area contributed by atoms with Crippen LogP contribution in [0, 0.1) is 11.3 Å². The second-order valence-corrected chi connectivity index (χ2v) is 6.13. The summed E-state index contributed by atoms with van der Waals surface area (Å²) in [6.07, 6.45) is -4.14. The Hall–Kier alpha value is -1.27. The summed E-state index contributed by atoms with van der Waals surface area (Å²) in [7, 11) is 0. The van der Waals surface area contributed by atoms with E-state index in [0.29, 0.717) is 13.0 Å². The zero-order valence-electron chi connectivity index (χ0n) is 11.7. The van der Waals surface area contributed by atoms with E-state index in [2.05, 4.69) is 0 Å². The summed E-state index contributed by atoms with van der Waals surface area (Å²) >= 11 is 0. The van der Waals surface area contributed by atoms with E-state index < -0.39 is 29.4 Å². The third-order valence-corrected chi connectivity index (χ3v) is 3.50. The average molecular weight is 295 g/mol. The van der Waals surface area contributed by atoms with E-state index in [4.69, 9.17) is 5.11 Å². The molecule has 20 heavy (non-hydrogen) atoms. The van der Waals surface area contributed by atoms with Gasteiger partial charge in [0.1, 0.15) is 0 Å². The minimum Gasteiger partial charge on any atom is -0.481 e. The standard InChI is InChI=1S/C13H20F3NO3/c1-12(2,7-11(19)20)6-10(18)17-5-3-4-9(8-17)13(14,15)16/h9H,3-8H2,1-2H3,(H,19,20). The molecule has 0 aromatic heterocycles. The SMILES string of the molecule is CC(C)(CC(=O)O)CC(=O)N1CCCC(C(F)(F)F)C1. The molecule has 1 fully saturated rings. The van der Waals surface area contributed by atoms with Gasteiger partial charge in [0, 0.05) is 19.5 Å². The van der Waals surface area contributed by atoms with Crippen LogP contribution >= 0.6 is 0 Å². The summed E-state index contributed by atoms with van der Waals surface area (Å²) in [5, 5.41) is 8.75. The summed E-state index contributed by atoms with van der Waals surface area (Å²) < 4.78 is 38.0. The monoisotopic (exact) mass is 295 g/mol.